The number of hydrogen-bond acceptors (Lipinski definition) is 3. The van der Waals surface area contributed by atoms with E-state index < -0.39 is 10.0 Å². The molecule has 0 spiro atoms. The van der Waals surface area contributed by atoms with Crippen molar-refractivity contribution in [1.29, 1.82) is 0 Å². The molecule has 2 N–H and O–H groups in total. The number of phenols is 1. The van der Waals surface area contributed by atoms with E-state index in [9.17, 15) is 13.5 Å². The van der Waals surface area contributed by atoms with Crippen molar-refractivity contribution in [3.8, 4) is 5.75 Å². The molecule has 0 saturated carbocycles. The third-order valence-electron chi connectivity index (χ3n) is 2.69. The van der Waals surface area contributed by atoms with E-state index in [1.54, 1.807) is 19.1 Å². The van der Waals surface area contributed by atoms with E-state index in [4.69, 9.17) is 0 Å². The van der Waals surface area contributed by atoms with Gasteiger partial charge in [0.25, 0.3) is 0 Å². The van der Waals surface area contributed by atoms with Crippen LogP contribution in [-0.2, 0) is 10.0 Å². The molecular weight excluding hydrogens is 250 g/mol. The van der Waals surface area contributed by atoms with Crippen molar-refractivity contribution in [2.24, 2.45) is 5.41 Å². The van der Waals surface area contributed by atoms with Crippen LogP contribution in [0, 0.1) is 12.3 Å². The minimum Gasteiger partial charge on any atom is -0.508 e. The normalized spacial score (nSPS) is 12.4. The molecule has 0 aliphatic rings. The molecule has 0 aliphatic heterocycles. The standard InChI is InChI=1S/C13H21NO3S/c1-10-11(6-5-7-12(10)15)14-18(16,17)9-8-13(2,3)4/h5-7,14-15H,8-9H2,1-4H3. The number of aromatic hydroxyl groups is 1. The molecular formula is C13H21NO3S. The molecule has 0 radical (unpaired) electrons. The minimum absolute atomic E-state index is 0.0252. The third-order valence-corrected chi connectivity index (χ3v) is 3.96. The van der Waals surface area contributed by atoms with E-state index in [1.807, 2.05) is 20.8 Å². The highest BCUT2D eigenvalue weighted by Gasteiger charge is 2.18. The van der Waals surface area contributed by atoms with Gasteiger partial charge in [0, 0.05) is 5.56 Å². The Morgan fingerprint density at radius 3 is 2.44 bits per heavy atom. The van der Waals surface area contributed by atoms with E-state index in [-0.39, 0.29) is 16.9 Å². The van der Waals surface area contributed by atoms with Crippen molar-refractivity contribution < 1.29 is 13.5 Å². The van der Waals surface area contributed by atoms with Gasteiger partial charge in [-0.05, 0) is 30.9 Å². The minimum atomic E-state index is -3.37. The zero-order valence-corrected chi connectivity index (χ0v) is 12.1. The summed E-state index contributed by atoms with van der Waals surface area (Å²) in [5.74, 6) is 0.164. The highest BCUT2D eigenvalue weighted by Crippen LogP contribution is 2.25. The fourth-order valence-electron chi connectivity index (χ4n) is 1.39. The maximum Gasteiger partial charge on any atom is 0.232 e. The van der Waals surface area contributed by atoms with Gasteiger partial charge in [-0.1, -0.05) is 26.8 Å². The zero-order chi connectivity index (χ0) is 14.0. The van der Waals surface area contributed by atoms with E-state index >= 15 is 0 Å². The zero-order valence-electron chi connectivity index (χ0n) is 11.3. The van der Waals surface area contributed by atoms with Crippen molar-refractivity contribution in [2.75, 3.05) is 10.5 Å². The molecule has 4 nitrogen and oxygen atoms in total. The highest BCUT2D eigenvalue weighted by atomic mass is 32.2. The van der Waals surface area contributed by atoms with E-state index in [2.05, 4.69) is 4.72 Å². The van der Waals surface area contributed by atoms with Crippen molar-refractivity contribution in [2.45, 2.75) is 34.1 Å². The first-order valence-corrected chi connectivity index (χ1v) is 7.55. The Balaban J connectivity index is 2.80. The molecule has 0 saturated heterocycles. The Morgan fingerprint density at radius 2 is 1.89 bits per heavy atom. The first kappa shape index (κ1) is 14.8. The SMILES string of the molecule is Cc1c(O)cccc1NS(=O)(=O)CCC(C)(C)C. The fourth-order valence-corrected chi connectivity index (χ4v) is 2.93. The Morgan fingerprint density at radius 1 is 1.28 bits per heavy atom. The first-order chi connectivity index (χ1) is 8.11. The lowest BCUT2D eigenvalue weighted by atomic mass is 9.94. The molecule has 0 atom stereocenters. The molecule has 1 aromatic carbocycles. The summed E-state index contributed by atoms with van der Waals surface area (Å²) < 4.78 is 26.3. The summed E-state index contributed by atoms with van der Waals surface area (Å²) in [6.45, 7) is 7.68. The topological polar surface area (TPSA) is 66.4 Å². The lowest BCUT2D eigenvalue weighted by molar-refractivity contribution is 0.397. The molecule has 0 aromatic heterocycles. The Kier molecular flexibility index (Phi) is 4.27. The Hall–Kier alpha value is -1.23. The molecule has 0 aliphatic carbocycles. The van der Waals surface area contributed by atoms with Gasteiger partial charge >= 0.3 is 0 Å². The van der Waals surface area contributed by atoms with Gasteiger partial charge in [-0.2, -0.15) is 0 Å². The molecule has 0 fully saturated rings. The van der Waals surface area contributed by atoms with Crippen LogP contribution < -0.4 is 4.72 Å². The average molecular weight is 271 g/mol. The van der Waals surface area contributed by atoms with Crippen LogP contribution >= 0.6 is 0 Å². The summed E-state index contributed by atoms with van der Waals surface area (Å²) in [6.07, 6.45) is 0.584. The van der Waals surface area contributed by atoms with Crippen LogP contribution in [0.4, 0.5) is 5.69 Å². The Bertz CT molecular complexity index is 516. The Labute approximate surface area is 109 Å². The lowest BCUT2D eigenvalue weighted by Crippen LogP contribution is -2.21. The van der Waals surface area contributed by atoms with E-state index in [0.717, 1.165) is 0 Å². The molecule has 5 heteroatoms. The van der Waals surface area contributed by atoms with Crippen LogP contribution in [0.2, 0.25) is 0 Å². The molecule has 1 rings (SSSR count). The average Bonchev–Trinajstić information content (AvgIpc) is 2.21. The van der Waals surface area contributed by atoms with Gasteiger partial charge in [0.1, 0.15) is 5.75 Å². The monoisotopic (exact) mass is 271 g/mol. The van der Waals surface area contributed by atoms with Crippen molar-refractivity contribution in [1.82, 2.24) is 0 Å². The molecule has 0 bridgehead atoms. The van der Waals surface area contributed by atoms with Gasteiger partial charge in [-0.25, -0.2) is 8.42 Å². The summed E-state index contributed by atoms with van der Waals surface area (Å²) in [7, 11) is -3.37. The van der Waals surface area contributed by atoms with Gasteiger partial charge in [-0.15, -0.1) is 0 Å². The second kappa shape index (κ2) is 5.18. The van der Waals surface area contributed by atoms with Crippen molar-refractivity contribution >= 4 is 15.7 Å². The smallest absolute Gasteiger partial charge is 0.232 e. The number of sulfonamides is 1. The molecule has 0 amide bonds. The molecule has 0 unspecified atom stereocenters. The number of rotatable bonds is 4. The lowest BCUT2D eigenvalue weighted by Gasteiger charge is -2.18. The van der Waals surface area contributed by atoms with Crippen LogP contribution in [0.1, 0.15) is 32.8 Å². The first-order valence-electron chi connectivity index (χ1n) is 5.90. The number of anilines is 1. The maximum atomic E-state index is 11.9. The van der Waals surface area contributed by atoms with Gasteiger partial charge in [0.05, 0.1) is 11.4 Å². The maximum absolute atomic E-state index is 11.9. The van der Waals surface area contributed by atoms with Gasteiger partial charge in [-0.3, -0.25) is 4.72 Å². The van der Waals surface area contributed by atoms with E-state index in [0.29, 0.717) is 17.7 Å². The second-order valence-corrected chi connectivity index (χ2v) is 7.52. The summed E-state index contributed by atoms with van der Waals surface area (Å²) >= 11 is 0. The molecule has 0 heterocycles. The van der Waals surface area contributed by atoms with Crippen LogP contribution in [0.5, 0.6) is 5.75 Å². The number of phenolic OH excluding ortho intramolecular Hbond substituents is 1. The fraction of sp³-hybridized carbons (Fsp3) is 0.538. The predicted octanol–water partition coefficient (Wildman–Crippen LogP) is 2.88. The highest BCUT2D eigenvalue weighted by molar-refractivity contribution is 7.92. The van der Waals surface area contributed by atoms with Crippen molar-refractivity contribution in [3.05, 3.63) is 23.8 Å². The number of hydrogen-bond donors (Lipinski definition) is 2. The predicted molar refractivity (Wildman–Crippen MR) is 74.3 cm³/mol. The van der Waals surface area contributed by atoms with Gasteiger partial charge < -0.3 is 5.11 Å². The largest absolute Gasteiger partial charge is 0.508 e. The summed E-state index contributed by atoms with van der Waals surface area (Å²) in [5, 5.41) is 9.52. The summed E-state index contributed by atoms with van der Waals surface area (Å²) in [6, 6.07) is 4.79. The van der Waals surface area contributed by atoms with Crippen LogP contribution in [-0.4, -0.2) is 19.3 Å². The van der Waals surface area contributed by atoms with Gasteiger partial charge in [0.15, 0.2) is 0 Å². The van der Waals surface area contributed by atoms with Crippen LogP contribution in [0.25, 0.3) is 0 Å². The number of nitrogens with one attached hydrogen (secondary N) is 1. The quantitative estimate of drug-likeness (QED) is 0.885. The summed E-state index contributed by atoms with van der Waals surface area (Å²) in [4.78, 5) is 0. The third kappa shape index (κ3) is 4.56. The number of benzene rings is 1. The van der Waals surface area contributed by atoms with Crippen LogP contribution in [0.15, 0.2) is 18.2 Å². The van der Waals surface area contributed by atoms with Crippen molar-refractivity contribution in [3.63, 3.8) is 0 Å². The van der Waals surface area contributed by atoms with Gasteiger partial charge in [0.2, 0.25) is 10.0 Å². The second-order valence-electron chi connectivity index (χ2n) is 5.68. The molecule has 102 valence electrons. The van der Waals surface area contributed by atoms with Crippen LogP contribution in [0.3, 0.4) is 0 Å². The molecule has 18 heavy (non-hydrogen) atoms. The summed E-state index contributed by atoms with van der Waals surface area (Å²) in [5.41, 5.74) is 0.948. The molecule has 1 aromatic rings. The van der Waals surface area contributed by atoms with E-state index in [1.165, 1.54) is 6.07 Å².